The minimum Gasteiger partial charge on any atom is -0.363 e. The topological polar surface area (TPSA) is 87.2 Å². The SMILES string of the molecule is CNc1nnc(CN2C(=O)NC3(CCC(C)CC3)C2=O)s1. The van der Waals surface area contributed by atoms with Gasteiger partial charge in [0.25, 0.3) is 5.91 Å². The first kappa shape index (κ1) is 14.2. The van der Waals surface area contributed by atoms with Crippen molar-refractivity contribution in [3.8, 4) is 0 Å². The molecule has 0 bridgehead atoms. The summed E-state index contributed by atoms with van der Waals surface area (Å²) in [5.74, 6) is 0.510. The summed E-state index contributed by atoms with van der Waals surface area (Å²) < 4.78 is 0. The van der Waals surface area contributed by atoms with Crippen molar-refractivity contribution in [2.75, 3.05) is 12.4 Å². The van der Waals surface area contributed by atoms with Gasteiger partial charge < -0.3 is 10.6 Å². The molecule has 0 aromatic carbocycles. The number of rotatable bonds is 3. The van der Waals surface area contributed by atoms with Gasteiger partial charge in [-0.15, -0.1) is 10.2 Å². The van der Waals surface area contributed by atoms with Crippen LogP contribution in [0.1, 0.15) is 37.6 Å². The number of anilines is 1. The van der Waals surface area contributed by atoms with Crippen LogP contribution in [0.15, 0.2) is 0 Å². The maximum absolute atomic E-state index is 12.7. The molecular formula is C13H19N5O2S. The van der Waals surface area contributed by atoms with Crippen LogP contribution in [0.4, 0.5) is 9.93 Å². The average Bonchev–Trinajstić information content (AvgIpc) is 3.02. The molecule has 1 aliphatic heterocycles. The Labute approximate surface area is 127 Å². The second-order valence-corrected chi connectivity index (χ2v) is 6.90. The molecule has 2 fully saturated rings. The zero-order valence-electron chi connectivity index (χ0n) is 12.2. The number of nitrogens with zero attached hydrogens (tertiary/aromatic N) is 3. The molecule has 1 aromatic heterocycles. The fourth-order valence-electron chi connectivity index (χ4n) is 2.97. The van der Waals surface area contributed by atoms with E-state index in [0.717, 1.165) is 25.7 Å². The number of carbonyl (C=O) groups excluding carboxylic acids is 2. The molecule has 3 rings (SSSR count). The lowest BCUT2D eigenvalue weighted by Crippen LogP contribution is -2.49. The van der Waals surface area contributed by atoms with E-state index in [2.05, 4.69) is 27.8 Å². The van der Waals surface area contributed by atoms with E-state index >= 15 is 0 Å². The molecule has 2 N–H and O–H groups in total. The molecule has 0 radical (unpaired) electrons. The average molecular weight is 309 g/mol. The van der Waals surface area contributed by atoms with Crippen molar-refractivity contribution in [1.82, 2.24) is 20.4 Å². The van der Waals surface area contributed by atoms with Crippen LogP contribution in [0.3, 0.4) is 0 Å². The number of imide groups is 1. The monoisotopic (exact) mass is 309 g/mol. The van der Waals surface area contributed by atoms with E-state index in [9.17, 15) is 9.59 Å². The highest BCUT2D eigenvalue weighted by Crippen LogP contribution is 2.36. The number of aromatic nitrogens is 2. The molecule has 114 valence electrons. The van der Waals surface area contributed by atoms with Gasteiger partial charge in [-0.1, -0.05) is 18.3 Å². The number of amides is 3. The summed E-state index contributed by atoms with van der Waals surface area (Å²) in [5.41, 5.74) is -0.680. The summed E-state index contributed by atoms with van der Waals surface area (Å²) in [4.78, 5) is 26.1. The van der Waals surface area contributed by atoms with Crippen molar-refractivity contribution in [1.29, 1.82) is 0 Å². The van der Waals surface area contributed by atoms with Crippen molar-refractivity contribution in [3.63, 3.8) is 0 Å². The smallest absolute Gasteiger partial charge is 0.325 e. The molecule has 1 saturated heterocycles. The minimum absolute atomic E-state index is 0.111. The third kappa shape index (κ3) is 2.48. The van der Waals surface area contributed by atoms with E-state index in [-0.39, 0.29) is 18.5 Å². The Morgan fingerprint density at radius 3 is 2.71 bits per heavy atom. The first-order valence-electron chi connectivity index (χ1n) is 7.18. The highest BCUT2D eigenvalue weighted by atomic mass is 32.1. The normalized spacial score (nSPS) is 29.0. The summed E-state index contributed by atoms with van der Waals surface area (Å²) in [6.45, 7) is 2.38. The third-order valence-electron chi connectivity index (χ3n) is 4.35. The molecule has 7 nitrogen and oxygen atoms in total. The van der Waals surface area contributed by atoms with Crippen molar-refractivity contribution in [2.45, 2.75) is 44.7 Å². The van der Waals surface area contributed by atoms with Gasteiger partial charge in [0.15, 0.2) is 0 Å². The van der Waals surface area contributed by atoms with Crippen LogP contribution in [-0.4, -0.2) is 39.6 Å². The highest BCUT2D eigenvalue weighted by Gasteiger charge is 2.52. The molecule has 0 unspecified atom stereocenters. The molecule has 1 saturated carbocycles. The van der Waals surface area contributed by atoms with Gasteiger partial charge >= 0.3 is 6.03 Å². The molecule has 1 spiro atoms. The van der Waals surface area contributed by atoms with Gasteiger partial charge in [-0.05, 0) is 31.6 Å². The summed E-state index contributed by atoms with van der Waals surface area (Å²) in [6.07, 6.45) is 3.41. The summed E-state index contributed by atoms with van der Waals surface area (Å²) in [5, 5.41) is 15.1. The molecule has 0 atom stereocenters. The lowest BCUT2D eigenvalue weighted by atomic mass is 9.77. The largest absolute Gasteiger partial charge is 0.363 e. The second kappa shape index (κ2) is 5.25. The van der Waals surface area contributed by atoms with Crippen molar-refractivity contribution >= 4 is 28.4 Å². The molecule has 8 heteroatoms. The van der Waals surface area contributed by atoms with E-state index in [0.29, 0.717) is 16.1 Å². The van der Waals surface area contributed by atoms with Gasteiger partial charge in [-0.25, -0.2) is 4.79 Å². The van der Waals surface area contributed by atoms with Crippen molar-refractivity contribution in [3.05, 3.63) is 5.01 Å². The van der Waals surface area contributed by atoms with Crippen LogP contribution in [0.5, 0.6) is 0 Å². The Kier molecular flexibility index (Phi) is 3.56. The van der Waals surface area contributed by atoms with E-state index < -0.39 is 5.54 Å². The van der Waals surface area contributed by atoms with Gasteiger partial charge in [0.05, 0.1) is 6.54 Å². The molecule has 21 heavy (non-hydrogen) atoms. The predicted octanol–water partition coefficient (Wildman–Crippen LogP) is 1.58. The fourth-order valence-corrected chi connectivity index (χ4v) is 3.65. The molecular weight excluding hydrogens is 290 g/mol. The Hall–Kier alpha value is -1.70. The Morgan fingerprint density at radius 1 is 1.38 bits per heavy atom. The fraction of sp³-hybridized carbons (Fsp3) is 0.692. The molecule has 2 aliphatic rings. The van der Waals surface area contributed by atoms with Gasteiger partial charge in [0.1, 0.15) is 10.5 Å². The number of urea groups is 1. The standard InChI is InChI=1S/C13H19N5O2S/c1-8-3-5-13(6-4-8)10(19)18(12(20)15-13)7-9-16-17-11(14-2)21-9/h8H,3-7H2,1-2H3,(H,14,17)(H,15,20). The first-order valence-corrected chi connectivity index (χ1v) is 8.00. The molecule has 1 aliphatic carbocycles. The Morgan fingerprint density at radius 2 is 2.10 bits per heavy atom. The molecule has 2 heterocycles. The lowest BCUT2D eigenvalue weighted by Gasteiger charge is -2.33. The van der Waals surface area contributed by atoms with Gasteiger partial charge in [0.2, 0.25) is 5.13 Å². The maximum Gasteiger partial charge on any atom is 0.325 e. The van der Waals surface area contributed by atoms with Crippen molar-refractivity contribution < 1.29 is 9.59 Å². The van der Waals surface area contributed by atoms with Crippen LogP contribution < -0.4 is 10.6 Å². The van der Waals surface area contributed by atoms with E-state index in [1.165, 1.54) is 16.2 Å². The lowest BCUT2D eigenvalue weighted by molar-refractivity contribution is -0.133. The van der Waals surface area contributed by atoms with E-state index in [1.807, 2.05) is 0 Å². The third-order valence-corrected chi connectivity index (χ3v) is 5.27. The number of hydrogen-bond donors (Lipinski definition) is 2. The quantitative estimate of drug-likeness (QED) is 0.828. The maximum atomic E-state index is 12.7. The van der Waals surface area contributed by atoms with Crippen LogP contribution >= 0.6 is 11.3 Å². The van der Waals surface area contributed by atoms with Gasteiger partial charge in [-0.3, -0.25) is 9.69 Å². The van der Waals surface area contributed by atoms with Crippen LogP contribution in [0.2, 0.25) is 0 Å². The Bertz CT molecular complexity index is 565. The summed E-state index contributed by atoms with van der Waals surface area (Å²) in [7, 11) is 1.76. The second-order valence-electron chi connectivity index (χ2n) is 5.84. The van der Waals surface area contributed by atoms with Crippen LogP contribution in [-0.2, 0) is 11.3 Å². The molecule has 1 aromatic rings. The van der Waals surface area contributed by atoms with E-state index in [4.69, 9.17) is 0 Å². The number of carbonyl (C=O) groups is 2. The number of nitrogens with one attached hydrogen (secondary N) is 2. The number of hydrogen-bond acceptors (Lipinski definition) is 6. The highest BCUT2D eigenvalue weighted by molar-refractivity contribution is 7.15. The summed E-state index contributed by atoms with van der Waals surface area (Å²) >= 11 is 1.35. The summed E-state index contributed by atoms with van der Waals surface area (Å²) in [6, 6.07) is -0.309. The van der Waals surface area contributed by atoms with E-state index in [1.54, 1.807) is 7.05 Å². The predicted molar refractivity (Wildman–Crippen MR) is 78.9 cm³/mol. The zero-order chi connectivity index (χ0) is 15.0. The van der Waals surface area contributed by atoms with Crippen LogP contribution in [0.25, 0.3) is 0 Å². The zero-order valence-corrected chi connectivity index (χ0v) is 13.0. The van der Waals surface area contributed by atoms with Crippen molar-refractivity contribution in [2.24, 2.45) is 5.92 Å². The minimum atomic E-state index is -0.680. The molecule has 3 amide bonds. The van der Waals surface area contributed by atoms with Gasteiger partial charge in [-0.2, -0.15) is 0 Å². The van der Waals surface area contributed by atoms with Crippen LogP contribution in [0, 0.1) is 5.92 Å². The Balaban J connectivity index is 1.74. The first-order chi connectivity index (χ1) is 10.0. The van der Waals surface area contributed by atoms with Gasteiger partial charge in [0, 0.05) is 7.05 Å².